The molecule has 2 N–H and O–H groups in total. The molecule has 0 radical (unpaired) electrons. The van der Waals surface area contributed by atoms with Gasteiger partial charge >= 0.3 is 0 Å². The van der Waals surface area contributed by atoms with Crippen molar-refractivity contribution in [3.63, 3.8) is 0 Å². The van der Waals surface area contributed by atoms with E-state index >= 15 is 0 Å². The van der Waals surface area contributed by atoms with Crippen LogP contribution in [-0.4, -0.2) is 64.2 Å². The number of fused-ring (bicyclic) bond motifs is 1. The summed E-state index contributed by atoms with van der Waals surface area (Å²) in [5.41, 5.74) is 1.36. The van der Waals surface area contributed by atoms with Gasteiger partial charge in [-0.05, 0) is 55.2 Å². The molecule has 172 valence electrons. The number of imide groups is 1. The molecule has 4 rings (SSSR count). The molecule has 2 aromatic rings. The predicted octanol–water partition coefficient (Wildman–Crippen LogP) is 2.68. The zero-order valence-electron chi connectivity index (χ0n) is 18.7. The summed E-state index contributed by atoms with van der Waals surface area (Å²) in [6.45, 7) is 5.19. The monoisotopic (exact) mass is 449 g/mol. The van der Waals surface area contributed by atoms with Crippen molar-refractivity contribution in [2.75, 3.05) is 19.6 Å². The van der Waals surface area contributed by atoms with E-state index in [-0.39, 0.29) is 46.9 Å². The highest BCUT2D eigenvalue weighted by atomic mass is 16.3. The van der Waals surface area contributed by atoms with Gasteiger partial charge in [-0.3, -0.25) is 24.1 Å². The number of likely N-dealkylation sites (tertiary alicyclic amines) is 1. The highest BCUT2D eigenvalue weighted by Gasteiger charge is 2.36. The van der Waals surface area contributed by atoms with Crippen molar-refractivity contribution in [1.82, 2.24) is 15.1 Å². The zero-order chi connectivity index (χ0) is 23.7. The summed E-state index contributed by atoms with van der Waals surface area (Å²) in [5.74, 6) is -0.941. The van der Waals surface area contributed by atoms with Crippen LogP contribution in [0.1, 0.15) is 68.1 Å². The molecule has 0 aliphatic carbocycles. The van der Waals surface area contributed by atoms with Gasteiger partial charge in [-0.1, -0.05) is 19.9 Å². The fraction of sp³-hybridized carbons (Fsp3) is 0.360. The number of nitrogens with one attached hydrogen (secondary N) is 1. The molecular weight excluding hydrogens is 422 g/mol. The predicted molar refractivity (Wildman–Crippen MR) is 121 cm³/mol. The normalized spacial score (nSPS) is 16.3. The van der Waals surface area contributed by atoms with Gasteiger partial charge in [0, 0.05) is 36.8 Å². The van der Waals surface area contributed by atoms with E-state index in [1.165, 1.54) is 23.1 Å². The van der Waals surface area contributed by atoms with Crippen LogP contribution in [0.5, 0.6) is 5.75 Å². The van der Waals surface area contributed by atoms with Crippen LogP contribution in [0.25, 0.3) is 0 Å². The maximum Gasteiger partial charge on any atom is 0.261 e. The first kappa shape index (κ1) is 22.5. The second-order valence-corrected chi connectivity index (χ2v) is 8.97. The van der Waals surface area contributed by atoms with E-state index in [0.717, 1.165) is 0 Å². The van der Waals surface area contributed by atoms with Crippen LogP contribution < -0.4 is 5.32 Å². The first-order valence-electron chi connectivity index (χ1n) is 11.1. The molecular formula is C25H27N3O5. The number of benzene rings is 2. The summed E-state index contributed by atoms with van der Waals surface area (Å²) in [4.78, 5) is 53.5. The third-order valence-corrected chi connectivity index (χ3v) is 5.99. The number of phenols is 1. The van der Waals surface area contributed by atoms with Crippen LogP contribution in [0.2, 0.25) is 0 Å². The Morgan fingerprint density at radius 2 is 1.70 bits per heavy atom. The van der Waals surface area contributed by atoms with Crippen LogP contribution in [-0.2, 0) is 0 Å². The summed E-state index contributed by atoms with van der Waals surface area (Å²) in [5, 5.41) is 12.6. The summed E-state index contributed by atoms with van der Waals surface area (Å²) in [6.07, 6.45) is 1.20. The first-order valence-corrected chi connectivity index (χ1v) is 11.1. The second kappa shape index (κ2) is 9.05. The standard InChI is InChI=1S/C25H27N3O5/c1-15(2)14-28-24(32)20-7-6-16(13-21(20)25(28)33)22(30)26-18-8-10-27(11-9-18)23(31)17-4-3-5-19(29)12-17/h3-7,12-13,15,18,29H,8-11,14H2,1-2H3,(H,26,30). The third-order valence-electron chi connectivity index (χ3n) is 5.99. The van der Waals surface area contributed by atoms with Crippen LogP contribution in [0, 0.1) is 5.92 Å². The summed E-state index contributed by atoms with van der Waals surface area (Å²) in [7, 11) is 0. The minimum atomic E-state index is -0.364. The number of hydrogen-bond acceptors (Lipinski definition) is 5. The van der Waals surface area contributed by atoms with Gasteiger partial charge in [0.05, 0.1) is 11.1 Å². The number of piperidine rings is 1. The quantitative estimate of drug-likeness (QED) is 0.683. The fourth-order valence-electron chi connectivity index (χ4n) is 4.28. The number of carbonyl (C=O) groups excluding carboxylic acids is 4. The molecule has 1 saturated heterocycles. The first-order chi connectivity index (χ1) is 15.7. The van der Waals surface area contributed by atoms with Gasteiger partial charge in [0.1, 0.15) is 5.75 Å². The Hall–Kier alpha value is -3.68. The lowest BCUT2D eigenvalue weighted by molar-refractivity contribution is 0.0634. The smallest absolute Gasteiger partial charge is 0.261 e. The lowest BCUT2D eigenvalue weighted by atomic mass is 10.0. The number of phenolic OH excluding ortho intramolecular Hbond substituents is 1. The Balaban J connectivity index is 1.37. The van der Waals surface area contributed by atoms with Crippen molar-refractivity contribution in [2.45, 2.75) is 32.7 Å². The molecule has 4 amide bonds. The maximum atomic E-state index is 12.8. The molecule has 8 nitrogen and oxygen atoms in total. The zero-order valence-corrected chi connectivity index (χ0v) is 18.7. The van der Waals surface area contributed by atoms with Crippen molar-refractivity contribution in [2.24, 2.45) is 5.92 Å². The average Bonchev–Trinajstić information content (AvgIpc) is 3.03. The van der Waals surface area contributed by atoms with Gasteiger partial charge in [0.15, 0.2) is 0 Å². The number of aromatic hydroxyl groups is 1. The number of hydrogen-bond donors (Lipinski definition) is 2. The fourth-order valence-corrected chi connectivity index (χ4v) is 4.28. The molecule has 0 aromatic heterocycles. The highest BCUT2D eigenvalue weighted by molar-refractivity contribution is 6.22. The molecule has 0 saturated carbocycles. The molecule has 2 aromatic carbocycles. The second-order valence-electron chi connectivity index (χ2n) is 8.97. The Morgan fingerprint density at radius 3 is 2.36 bits per heavy atom. The van der Waals surface area contributed by atoms with E-state index < -0.39 is 0 Å². The molecule has 0 spiro atoms. The van der Waals surface area contributed by atoms with Crippen LogP contribution in [0.15, 0.2) is 42.5 Å². The molecule has 0 unspecified atom stereocenters. The Morgan fingerprint density at radius 1 is 1.00 bits per heavy atom. The molecule has 2 aliphatic rings. The summed E-state index contributed by atoms with van der Waals surface area (Å²) >= 11 is 0. The van der Waals surface area contributed by atoms with Gasteiger partial charge in [0.2, 0.25) is 0 Å². The van der Waals surface area contributed by atoms with Gasteiger partial charge in [-0.15, -0.1) is 0 Å². The van der Waals surface area contributed by atoms with E-state index in [0.29, 0.717) is 49.2 Å². The topological polar surface area (TPSA) is 107 Å². The Kier molecular flexibility index (Phi) is 6.18. The lowest BCUT2D eigenvalue weighted by Crippen LogP contribution is -2.46. The van der Waals surface area contributed by atoms with Crippen molar-refractivity contribution >= 4 is 23.6 Å². The Bertz CT molecular complexity index is 1120. The average molecular weight is 450 g/mol. The van der Waals surface area contributed by atoms with Gasteiger partial charge in [0.25, 0.3) is 23.6 Å². The van der Waals surface area contributed by atoms with Gasteiger partial charge in [-0.2, -0.15) is 0 Å². The molecule has 33 heavy (non-hydrogen) atoms. The summed E-state index contributed by atoms with van der Waals surface area (Å²) < 4.78 is 0. The van der Waals surface area contributed by atoms with Crippen molar-refractivity contribution < 1.29 is 24.3 Å². The minimum Gasteiger partial charge on any atom is -0.508 e. The molecule has 2 heterocycles. The maximum absolute atomic E-state index is 12.8. The molecule has 0 bridgehead atoms. The molecule has 8 heteroatoms. The van der Waals surface area contributed by atoms with Crippen molar-refractivity contribution in [1.29, 1.82) is 0 Å². The molecule has 2 aliphatic heterocycles. The number of carbonyl (C=O) groups is 4. The number of amides is 4. The Labute approximate surface area is 192 Å². The van der Waals surface area contributed by atoms with Crippen LogP contribution in [0.3, 0.4) is 0 Å². The molecule has 0 atom stereocenters. The van der Waals surface area contributed by atoms with E-state index in [2.05, 4.69) is 5.32 Å². The van der Waals surface area contributed by atoms with E-state index in [1.54, 1.807) is 29.2 Å². The van der Waals surface area contributed by atoms with Crippen LogP contribution >= 0.6 is 0 Å². The van der Waals surface area contributed by atoms with Crippen LogP contribution in [0.4, 0.5) is 0 Å². The lowest BCUT2D eigenvalue weighted by Gasteiger charge is -2.32. The van der Waals surface area contributed by atoms with Crippen molar-refractivity contribution in [3.05, 3.63) is 64.7 Å². The minimum absolute atomic E-state index is 0.0462. The van der Waals surface area contributed by atoms with Crippen molar-refractivity contribution in [3.8, 4) is 5.75 Å². The van der Waals surface area contributed by atoms with Gasteiger partial charge in [-0.25, -0.2) is 0 Å². The number of rotatable bonds is 5. The largest absolute Gasteiger partial charge is 0.508 e. The molecule has 1 fully saturated rings. The SMILES string of the molecule is CC(C)CN1C(=O)c2ccc(C(=O)NC3CCN(C(=O)c4cccc(O)c4)CC3)cc2C1=O. The number of nitrogens with zero attached hydrogens (tertiary/aromatic N) is 2. The van der Waals surface area contributed by atoms with E-state index in [1.807, 2.05) is 13.8 Å². The third kappa shape index (κ3) is 4.60. The van der Waals surface area contributed by atoms with Gasteiger partial charge < -0.3 is 15.3 Å². The highest BCUT2D eigenvalue weighted by Crippen LogP contribution is 2.25. The van der Waals surface area contributed by atoms with E-state index in [4.69, 9.17) is 0 Å². The van der Waals surface area contributed by atoms with E-state index in [9.17, 15) is 24.3 Å². The summed E-state index contributed by atoms with van der Waals surface area (Å²) in [6, 6.07) is 10.8.